The van der Waals surface area contributed by atoms with E-state index in [1.807, 2.05) is 35.7 Å². The van der Waals surface area contributed by atoms with Gasteiger partial charge in [-0.05, 0) is 44.6 Å². The minimum Gasteiger partial charge on any atom is -0.489 e. The van der Waals surface area contributed by atoms with E-state index in [4.69, 9.17) is 21.6 Å². The third-order valence-electron chi connectivity index (χ3n) is 7.04. The quantitative estimate of drug-likeness (QED) is 0.373. The molecule has 0 unspecified atom stereocenters. The second-order valence-electron chi connectivity index (χ2n) is 10.1. The number of hydrogen-bond donors (Lipinski definition) is 2. The Hall–Kier alpha value is -4.40. The van der Waals surface area contributed by atoms with Gasteiger partial charge in [0.2, 0.25) is 11.8 Å². The molecule has 0 spiro atoms. The van der Waals surface area contributed by atoms with Crippen molar-refractivity contribution in [2.24, 2.45) is 18.4 Å². The first-order valence-corrected chi connectivity index (χ1v) is 13.1. The van der Waals surface area contributed by atoms with Crippen LogP contribution in [0.2, 0.25) is 0 Å². The van der Waals surface area contributed by atoms with Gasteiger partial charge in [-0.2, -0.15) is 15.0 Å². The number of nitrogen functional groups attached to an aromatic ring is 1. The number of rotatable bonds is 10. The monoisotopic (exact) mass is 531 g/mol. The fourth-order valence-electron chi connectivity index (χ4n) is 4.36. The minimum atomic E-state index is -0.369. The average molecular weight is 532 g/mol. The third kappa shape index (κ3) is 6.19. The molecule has 1 amide bonds. The number of pyridine rings is 1. The first-order chi connectivity index (χ1) is 18.9. The molecule has 4 heterocycles. The second kappa shape index (κ2) is 11.1. The van der Waals surface area contributed by atoms with Gasteiger partial charge in [-0.1, -0.05) is 5.92 Å². The number of nitrogens with zero attached hydrogens (tertiary/aromatic N) is 7. The predicted molar refractivity (Wildman–Crippen MR) is 145 cm³/mol. The molecule has 0 atom stereocenters. The Morgan fingerprint density at radius 3 is 2.69 bits per heavy atom. The zero-order chi connectivity index (χ0) is 27.4. The van der Waals surface area contributed by atoms with Crippen molar-refractivity contribution in [3.8, 4) is 35.4 Å². The van der Waals surface area contributed by atoms with Crippen LogP contribution in [0.5, 0.6) is 11.8 Å². The number of amides is 1. The van der Waals surface area contributed by atoms with Gasteiger partial charge in [0.25, 0.3) is 5.91 Å². The summed E-state index contributed by atoms with van der Waals surface area (Å²) in [6, 6.07) is 1.99. The molecule has 0 bridgehead atoms. The van der Waals surface area contributed by atoms with Crippen LogP contribution in [0.4, 0.5) is 11.8 Å². The lowest BCUT2D eigenvalue weighted by Gasteiger charge is -2.32. The fourth-order valence-corrected chi connectivity index (χ4v) is 4.36. The standard InChI is InChI=1S/C27H33N9O3/c1-4-27(8-9-27)16-39-26-33-23(24(37)29-5-2)32-25(34-26)36-10-6-18(7-11-36)15-38-21-12-19(13-30-22(21)28)20-14-35(3)17-31-20/h1,12-14,17-18H,5-11,15-16H2,2-3H3,(H2,28,30)(H,29,37). The summed E-state index contributed by atoms with van der Waals surface area (Å²) in [5.74, 6) is 4.08. The van der Waals surface area contributed by atoms with Crippen LogP contribution in [0.3, 0.4) is 0 Å². The Morgan fingerprint density at radius 2 is 2.03 bits per heavy atom. The highest BCUT2D eigenvalue weighted by atomic mass is 16.5. The molecule has 12 heteroatoms. The van der Waals surface area contributed by atoms with Crippen LogP contribution in [-0.4, -0.2) is 68.2 Å². The number of hydrogen-bond acceptors (Lipinski definition) is 10. The summed E-state index contributed by atoms with van der Waals surface area (Å²) in [4.78, 5) is 36.4. The largest absolute Gasteiger partial charge is 0.489 e. The predicted octanol–water partition coefficient (Wildman–Crippen LogP) is 2.09. The Labute approximate surface area is 227 Å². The number of nitrogens with one attached hydrogen (secondary N) is 1. The summed E-state index contributed by atoms with van der Waals surface area (Å²) in [5, 5.41) is 2.74. The molecule has 0 radical (unpaired) electrons. The number of anilines is 2. The highest BCUT2D eigenvalue weighted by Gasteiger charge is 2.42. The molecule has 1 saturated carbocycles. The maximum absolute atomic E-state index is 12.5. The molecule has 1 saturated heterocycles. The lowest BCUT2D eigenvalue weighted by molar-refractivity contribution is 0.0943. The highest BCUT2D eigenvalue weighted by Crippen LogP contribution is 2.44. The lowest BCUT2D eigenvalue weighted by Crippen LogP contribution is -2.37. The number of aromatic nitrogens is 6. The summed E-state index contributed by atoms with van der Waals surface area (Å²) in [6.07, 6.45) is 14.5. The van der Waals surface area contributed by atoms with E-state index in [9.17, 15) is 4.79 Å². The van der Waals surface area contributed by atoms with Gasteiger partial charge in [-0.3, -0.25) is 4.79 Å². The molecular formula is C27H33N9O3. The van der Waals surface area contributed by atoms with E-state index in [1.54, 1.807) is 12.5 Å². The molecule has 0 aromatic carbocycles. The lowest BCUT2D eigenvalue weighted by atomic mass is 9.98. The van der Waals surface area contributed by atoms with Gasteiger partial charge in [0.05, 0.1) is 24.0 Å². The van der Waals surface area contributed by atoms with Gasteiger partial charge in [-0.25, -0.2) is 9.97 Å². The van der Waals surface area contributed by atoms with E-state index in [0.717, 1.165) is 36.9 Å². The van der Waals surface area contributed by atoms with Crippen LogP contribution < -0.4 is 25.4 Å². The molecule has 1 aliphatic carbocycles. The summed E-state index contributed by atoms with van der Waals surface area (Å²) in [6.45, 7) is 4.53. The summed E-state index contributed by atoms with van der Waals surface area (Å²) in [7, 11) is 1.92. The zero-order valence-corrected chi connectivity index (χ0v) is 22.3. The summed E-state index contributed by atoms with van der Waals surface area (Å²) in [5.41, 5.74) is 7.48. The molecular weight excluding hydrogens is 498 g/mol. The van der Waals surface area contributed by atoms with E-state index in [0.29, 0.717) is 56.3 Å². The van der Waals surface area contributed by atoms with Gasteiger partial charge >= 0.3 is 6.01 Å². The van der Waals surface area contributed by atoms with Crippen molar-refractivity contribution in [2.45, 2.75) is 32.6 Å². The number of terminal acetylenes is 1. The van der Waals surface area contributed by atoms with Crippen molar-refractivity contribution in [1.29, 1.82) is 0 Å². The third-order valence-corrected chi connectivity index (χ3v) is 7.04. The Morgan fingerprint density at radius 1 is 1.23 bits per heavy atom. The second-order valence-corrected chi connectivity index (χ2v) is 10.1. The van der Waals surface area contributed by atoms with Gasteiger partial charge in [0.15, 0.2) is 11.6 Å². The number of aryl methyl sites for hydroxylation is 1. The van der Waals surface area contributed by atoms with Crippen molar-refractivity contribution in [1.82, 2.24) is 34.8 Å². The Kier molecular flexibility index (Phi) is 7.49. The van der Waals surface area contributed by atoms with E-state index in [2.05, 4.69) is 36.2 Å². The van der Waals surface area contributed by atoms with Crippen LogP contribution in [-0.2, 0) is 7.05 Å². The van der Waals surface area contributed by atoms with Crippen molar-refractivity contribution >= 4 is 17.7 Å². The molecule has 3 aromatic rings. The van der Waals surface area contributed by atoms with Gasteiger partial charge in [0.1, 0.15) is 6.61 Å². The van der Waals surface area contributed by atoms with Crippen LogP contribution in [0, 0.1) is 23.7 Å². The molecule has 5 rings (SSSR count). The van der Waals surface area contributed by atoms with E-state index in [-0.39, 0.29) is 23.2 Å². The van der Waals surface area contributed by atoms with Crippen LogP contribution in [0.1, 0.15) is 43.2 Å². The summed E-state index contributed by atoms with van der Waals surface area (Å²) >= 11 is 0. The van der Waals surface area contributed by atoms with Gasteiger partial charge in [0, 0.05) is 44.6 Å². The number of nitrogens with two attached hydrogens (primary N) is 1. The topological polar surface area (TPSA) is 146 Å². The van der Waals surface area contributed by atoms with E-state index in [1.165, 1.54) is 0 Å². The van der Waals surface area contributed by atoms with Crippen molar-refractivity contribution in [3.05, 3.63) is 30.6 Å². The van der Waals surface area contributed by atoms with Crippen molar-refractivity contribution < 1.29 is 14.3 Å². The van der Waals surface area contributed by atoms with Crippen LogP contribution >= 0.6 is 0 Å². The number of carbonyl (C=O) groups is 1. The van der Waals surface area contributed by atoms with Crippen LogP contribution in [0.25, 0.3) is 11.3 Å². The van der Waals surface area contributed by atoms with Crippen molar-refractivity contribution in [2.75, 3.05) is 43.5 Å². The number of piperidine rings is 1. The number of imidazole rings is 1. The Bertz CT molecular complexity index is 1370. The smallest absolute Gasteiger partial charge is 0.322 e. The molecule has 3 aromatic heterocycles. The van der Waals surface area contributed by atoms with Gasteiger partial charge in [-0.15, -0.1) is 6.42 Å². The maximum atomic E-state index is 12.5. The molecule has 2 fully saturated rings. The molecule has 2 aliphatic rings. The maximum Gasteiger partial charge on any atom is 0.322 e. The Balaban J connectivity index is 1.21. The minimum absolute atomic E-state index is 0.0311. The normalized spacial score (nSPS) is 16.4. The fraction of sp³-hybridized carbons (Fsp3) is 0.481. The van der Waals surface area contributed by atoms with E-state index < -0.39 is 0 Å². The van der Waals surface area contributed by atoms with Gasteiger partial charge < -0.3 is 30.0 Å². The van der Waals surface area contributed by atoms with Crippen molar-refractivity contribution in [3.63, 3.8) is 0 Å². The first-order valence-electron chi connectivity index (χ1n) is 13.1. The first kappa shape index (κ1) is 26.2. The molecule has 204 valence electrons. The molecule has 12 nitrogen and oxygen atoms in total. The van der Waals surface area contributed by atoms with Crippen LogP contribution in [0.15, 0.2) is 24.8 Å². The number of carbonyl (C=O) groups excluding carboxylic acids is 1. The molecule has 3 N–H and O–H groups in total. The van der Waals surface area contributed by atoms with E-state index >= 15 is 0 Å². The SMILES string of the molecule is C#CC1(COc2nc(C(=O)NCC)nc(N3CCC(COc4cc(-c5cn(C)cn5)cnc4N)CC3)n2)CC1. The zero-order valence-electron chi connectivity index (χ0n) is 22.3. The summed E-state index contributed by atoms with van der Waals surface area (Å²) < 4.78 is 13.8. The average Bonchev–Trinajstić information content (AvgIpc) is 3.62. The molecule has 39 heavy (non-hydrogen) atoms. The number of ether oxygens (including phenoxy) is 2. The molecule has 1 aliphatic heterocycles. The highest BCUT2D eigenvalue weighted by molar-refractivity contribution is 5.90.